The van der Waals surface area contributed by atoms with Crippen LogP contribution in [0.2, 0.25) is 0 Å². The monoisotopic (exact) mass is 652 g/mol. The van der Waals surface area contributed by atoms with Crippen LogP contribution in [0.5, 0.6) is 0 Å². The van der Waals surface area contributed by atoms with Crippen LogP contribution in [0.4, 0.5) is 0 Å². The molecule has 8 N–H and O–H groups in total. The van der Waals surface area contributed by atoms with Crippen molar-refractivity contribution in [1.82, 2.24) is 0 Å². The minimum Gasteiger partial charge on any atom is -0.455 e. The third-order valence-corrected chi connectivity index (χ3v) is 13.1. The van der Waals surface area contributed by atoms with E-state index in [0.717, 1.165) is 51.4 Å². The van der Waals surface area contributed by atoms with Gasteiger partial charge in [-0.05, 0) is 124 Å². The molecule has 4 aliphatic carbocycles. The molecule has 0 bridgehead atoms. The van der Waals surface area contributed by atoms with E-state index in [4.69, 9.17) is 20.9 Å². The number of carbonyl (C=O) groups excluding carboxylic acids is 3. The number of carbonyl (C=O) groups is 3. The molecule has 11 heteroatoms. The molecule has 14 atom stereocenters. The van der Waals surface area contributed by atoms with Gasteiger partial charge in [0.25, 0.3) is 0 Å². The van der Waals surface area contributed by atoms with Crippen molar-refractivity contribution < 1.29 is 44.3 Å². The molecule has 0 amide bonds. The number of aliphatic hydroxyl groups excluding tert-OH is 4. The molecule has 0 aliphatic heterocycles. The van der Waals surface area contributed by atoms with E-state index in [2.05, 4.69) is 20.8 Å². The molecule has 3 unspecified atom stereocenters. The lowest BCUT2D eigenvalue weighted by Crippen LogP contribution is -2.58. The molecule has 46 heavy (non-hydrogen) atoms. The van der Waals surface area contributed by atoms with Gasteiger partial charge in [0.05, 0.1) is 18.8 Å². The summed E-state index contributed by atoms with van der Waals surface area (Å²) < 4.78 is 10.7. The van der Waals surface area contributed by atoms with Crippen LogP contribution in [0, 0.1) is 46.3 Å². The number of hydrogen-bond donors (Lipinski definition) is 6. The third-order valence-electron chi connectivity index (χ3n) is 13.1. The van der Waals surface area contributed by atoms with Gasteiger partial charge in [-0.3, -0.25) is 14.4 Å². The molecule has 0 aromatic rings. The Bertz CT molecular complexity index is 1050. The number of hydrogen-bond acceptors (Lipinski definition) is 11. The minimum atomic E-state index is -1.64. The second-order valence-corrected chi connectivity index (χ2v) is 15.5. The second-order valence-electron chi connectivity index (χ2n) is 15.5. The summed E-state index contributed by atoms with van der Waals surface area (Å²) in [6, 6.07) is -1.01. The fourth-order valence-electron chi connectivity index (χ4n) is 10.4. The van der Waals surface area contributed by atoms with Gasteiger partial charge in [0.2, 0.25) is 0 Å². The number of fused-ring (bicyclic) bond motifs is 5. The number of aldehydes is 1. The Labute approximate surface area is 274 Å². The van der Waals surface area contributed by atoms with Gasteiger partial charge in [-0.25, -0.2) is 0 Å². The van der Waals surface area contributed by atoms with Crippen LogP contribution < -0.4 is 11.5 Å². The first-order chi connectivity index (χ1) is 21.8. The Kier molecular flexibility index (Phi) is 12.7. The van der Waals surface area contributed by atoms with Crippen molar-refractivity contribution >= 4 is 18.2 Å². The van der Waals surface area contributed by atoms with Gasteiger partial charge in [0, 0.05) is 6.42 Å². The summed E-state index contributed by atoms with van der Waals surface area (Å²) in [6.07, 6.45) is 4.73. The van der Waals surface area contributed by atoms with Crippen molar-refractivity contribution in [2.45, 2.75) is 141 Å². The smallest absolute Gasteiger partial charge is 0.323 e. The van der Waals surface area contributed by atoms with E-state index < -0.39 is 49.0 Å². The summed E-state index contributed by atoms with van der Waals surface area (Å²) in [5.74, 6) is 0.754. The summed E-state index contributed by atoms with van der Waals surface area (Å²) in [5.41, 5.74) is 11.3. The zero-order valence-corrected chi connectivity index (χ0v) is 28.1. The number of rotatable bonds is 15. The largest absolute Gasteiger partial charge is 0.455 e. The maximum absolute atomic E-state index is 13.0. The number of ether oxygens (including phenoxy) is 2. The van der Waals surface area contributed by atoms with Crippen molar-refractivity contribution in [2.24, 2.45) is 57.8 Å². The van der Waals surface area contributed by atoms with Gasteiger partial charge in [-0.15, -0.1) is 0 Å². The summed E-state index contributed by atoms with van der Waals surface area (Å²) in [6.45, 7) is 6.42. The molecule has 264 valence electrons. The first-order valence-corrected chi connectivity index (χ1v) is 17.8. The second kappa shape index (κ2) is 15.7. The van der Waals surface area contributed by atoms with E-state index in [1.807, 2.05) is 0 Å². The molecule has 4 rings (SSSR count). The summed E-state index contributed by atoms with van der Waals surface area (Å²) in [4.78, 5) is 37.4. The molecule has 4 fully saturated rings. The van der Waals surface area contributed by atoms with Gasteiger partial charge in [0.1, 0.15) is 12.1 Å². The maximum Gasteiger partial charge on any atom is 0.323 e. The zero-order chi connectivity index (χ0) is 33.8. The number of esters is 2. The minimum absolute atomic E-state index is 0.00934. The summed E-state index contributed by atoms with van der Waals surface area (Å²) in [7, 11) is 0. The standard InChI is InChI=1S/C35H60N2O9/c1-20(7-12-31(43)46-32(28(41)18-38)29(19-39)45-33(44)27(37)6-4-5-15-36)24-10-11-25-23-9-8-21-16-22(40)13-14-34(21,2)26(23)17-30(42)35(24,25)3/h19-30,32,38,40-42H,4-18,36-37H2,1-3H3/t20-,21-,22-,23?,24-,25?,26?,27+,28-,29+,30+,32+,34+,35-/m1/s1. The molecule has 4 aliphatic rings. The van der Waals surface area contributed by atoms with Crippen LogP contribution in [0.25, 0.3) is 0 Å². The molecule has 0 aromatic carbocycles. The average molecular weight is 653 g/mol. The Hall–Kier alpha value is -1.63. The SMILES string of the molecule is C[C@H](CCC(=O)O[C@@H]([C@H](O)CO)[C@H](C=O)OC(=O)[C@@H](N)CCCCN)[C@H]1CCC2C3CC[C@@H]4C[C@H](O)CC[C@]4(C)C3C[C@H](O)[C@@]21C. The molecular formula is C35H60N2O9. The van der Waals surface area contributed by atoms with Crippen LogP contribution in [0.3, 0.4) is 0 Å². The van der Waals surface area contributed by atoms with Gasteiger partial charge in [0.15, 0.2) is 18.5 Å². The van der Waals surface area contributed by atoms with Crippen molar-refractivity contribution in [3.05, 3.63) is 0 Å². The molecule has 4 saturated carbocycles. The third kappa shape index (κ3) is 7.49. The van der Waals surface area contributed by atoms with Crippen LogP contribution in [0.15, 0.2) is 0 Å². The first kappa shape index (κ1) is 37.2. The molecule has 0 radical (unpaired) electrons. The Balaban J connectivity index is 1.36. The van der Waals surface area contributed by atoms with Crippen molar-refractivity contribution in [3.63, 3.8) is 0 Å². The van der Waals surface area contributed by atoms with Crippen molar-refractivity contribution in [1.29, 1.82) is 0 Å². The van der Waals surface area contributed by atoms with Crippen LogP contribution in [-0.4, -0.2) is 88.4 Å². The summed E-state index contributed by atoms with van der Waals surface area (Å²) >= 11 is 0. The predicted octanol–water partition coefficient (Wildman–Crippen LogP) is 2.23. The van der Waals surface area contributed by atoms with E-state index in [1.165, 1.54) is 0 Å². The van der Waals surface area contributed by atoms with E-state index in [0.29, 0.717) is 55.9 Å². The summed E-state index contributed by atoms with van der Waals surface area (Å²) in [5, 5.41) is 42.1. The van der Waals surface area contributed by atoms with Crippen LogP contribution in [-0.2, 0) is 23.9 Å². The van der Waals surface area contributed by atoms with E-state index in [1.54, 1.807) is 0 Å². The lowest BCUT2D eigenvalue weighted by molar-refractivity contribution is -0.181. The highest BCUT2D eigenvalue weighted by molar-refractivity contribution is 5.78. The molecule has 0 aromatic heterocycles. The van der Waals surface area contributed by atoms with Crippen LogP contribution in [0.1, 0.15) is 104 Å². The van der Waals surface area contributed by atoms with E-state index in [-0.39, 0.29) is 41.5 Å². The number of aliphatic hydroxyl groups is 4. The van der Waals surface area contributed by atoms with Gasteiger partial charge in [-0.1, -0.05) is 27.2 Å². The molecule has 0 saturated heterocycles. The highest BCUT2D eigenvalue weighted by atomic mass is 16.6. The lowest BCUT2D eigenvalue weighted by Gasteiger charge is -2.62. The average Bonchev–Trinajstić information content (AvgIpc) is 3.40. The van der Waals surface area contributed by atoms with E-state index >= 15 is 0 Å². The fraction of sp³-hybridized carbons (Fsp3) is 0.914. The highest BCUT2D eigenvalue weighted by Crippen LogP contribution is 2.68. The maximum atomic E-state index is 13.0. The predicted molar refractivity (Wildman–Crippen MR) is 171 cm³/mol. The van der Waals surface area contributed by atoms with Gasteiger partial charge >= 0.3 is 11.9 Å². The normalized spacial score (nSPS) is 38.7. The van der Waals surface area contributed by atoms with Gasteiger partial charge in [-0.2, -0.15) is 0 Å². The van der Waals surface area contributed by atoms with Crippen molar-refractivity contribution in [2.75, 3.05) is 13.2 Å². The molecule has 0 heterocycles. The topological polar surface area (TPSA) is 203 Å². The first-order valence-electron chi connectivity index (χ1n) is 17.8. The molecular weight excluding hydrogens is 592 g/mol. The van der Waals surface area contributed by atoms with E-state index in [9.17, 15) is 34.8 Å². The number of unbranched alkanes of at least 4 members (excludes halogenated alkanes) is 1. The van der Waals surface area contributed by atoms with Crippen molar-refractivity contribution in [3.8, 4) is 0 Å². The Morgan fingerprint density at radius 1 is 1.00 bits per heavy atom. The quantitative estimate of drug-likeness (QED) is 0.0860. The zero-order valence-electron chi connectivity index (χ0n) is 28.1. The fourth-order valence-corrected chi connectivity index (χ4v) is 10.4. The lowest BCUT2D eigenvalue weighted by atomic mass is 9.43. The Morgan fingerprint density at radius 2 is 1.74 bits per heavy atom. The number of nitrogens with two attached hydrogens (primary N) is 2. The highest BCUT2D eigenvalue weighted by Gasteiger charge is 2.63. The Morgan fingerprint density at radius 3 is 2.41 bits per heavy atom. The van der Waals surface area contributed by atoms with Gasteiger partial charge < -0.3 is 41.4 Å². The van der Waals surface area contributed by atoms with Crippen LogP contribution >= 0.6 is 0 Å². The molecule has 11 nitrogen and oxygen atoms in total. The molecule has 0 spiro atoms.